The Kier molecular flexibility index (Phi) is 6.95. The standard InChI is InChI=1S/C16H21BrN4O3S/c1-19(8-4-7-18)16(22)13-20-9-11-21(12-10-20)25(23,24)15-6-3-2-5-14(15)17/h2-3,5-6H,4,8-13H2,1H3. The fraction of sp³-hybridized carbons (Fsp3) is 0.500. The first-order chi connectivity index (χ1) is 11.9. The number of likely N-dealkylation sites (N-methyl/N-ethyl adjacent to an activating group) is 1. The van der Waals surface area contributed by atoms with Gasteiger partial charge in [0.05, 0.1) is 23.9 Å². The van der Waals surface area contributed by atoms with Crippen molar-refractivity contribution in [2.24, 2.45) is 0 Å². The topological polar surface area (TPSA) is 84.7 Å². The van der Waals surface area contributed by atoms with Gasteiger partial charge in [0.25, 0.3) is 0 Å². The van der Waals surface area contributed by atoms with E-state index in [2.05, 4.69) is 15.9 Å². The number of hydrogen-bond acceptors (Lipinski definition) is 5. The van der Waals surface area contributed by atoms with Crippen LogP contribution in [0.3, 0.4) is 0 Å². The number of amides is 1. The number of piperazine rings is 1. The van der Waals surface area contributed by atoms with Crippen LogP contribution in [-0.2, 0) is 14.8 Å². The van der Waals surface area contributed by atoms with E-state index in [1.807, 2.05) is 11.0 Å². The fourth-order valence-corrected chi connectivity index (χ4v) is 4.96. The van der Waals surface area contributed by atoms with Crippen LogP contribution in [0.25, 0.3) is 0 Å². The molecule has 0 bridgehead atoms. The van der Waals surface area contributed by atoms with E-state index in [0.29, 0.717) is 43.6 Å². The minimum atomic E-state index is -3.54. The maximum Gasteiger partial charge on any atom is 0.244 e. The molecule has 0 saturated carbocycles. The molecule has 0 spiro atoms. The summed E-state index contributed by atoms with van der Waals surface area (Å²) in [6.07, 6.45) is 0.306. The summed E-state index contributed by atoms with van der Waals surface area (Å²) in [6, 6.07) is 8.78. The van der Waals surface area contributed by atoms with Crippen LogP contribution in [-0.4, -0.2) is 74.7 Å². The van der Waals surface area contributed by atoms with Crippen molar-refractivity contribution < 1.29 is 13.2 Å². The number of hydrogen-bond donors (Lipinski definition) is 0. The molecule has 136 valence electrons. The van der Waals surface area contributed by atoms with Gasteiger partial charge in [-0.3, -0.25) is 9.69 Å². The van der Waals surface area contributed by atoms with Crippen molar-refractivity contribution in [2.45, 2.75) is 11.3 Å². The highest BCUT2D eigenvalue weighted by molar-refractivity contribution is 9.10. The Morgan fingerprint density at radius 2 is 1.92 bits per heavy atom. The molecule has 1 fully saturated rings. The van der Waals surface area contributed by atoms with Crippen molar-refractivity contribution in [1.82, 2.24) is 14.1 Å². The number of rotatable bonds is 6. The van der Waals surface area contributed by atoms with Crippen LogP contribution in [0.4, 0.5) is 0 Å². The van der Waals surface area contributed by atoms with E-state index in [0.717, 1.165) is 0 Å². The van der Waals surface area contributed by atoms with Crippen LogP contribution in [0.2, 0.25) is 0 Å². The van der Waals surface area contributed by atoms with Crippen molar-refractivity contribution in [3.05, 3.63) is 28.7 Å². The molecule has 1 aliphatic rings. The van der Waals surface area contributed by atoms with Gasteiger partial charge in [-0.15, -0.1) is 0 Å². The average molecular weight is 429 g/mol. The van der Waals surface area contributed by atoms with Gasteiger partial charge in [-0.25, -0.2) is 8.42 Å². The number of carbonyl (C=O) groups is 1. The molecular weight excluding hydrogens is 408 g/mol. The molecule has 0 N–H and O–H groups in total. The summed E-state index contributed by atoms with van der Waals surface area (Å²) in [7, 11) is -1.87. The van der Waals surface area contributed by atoms with Gasteiger partial charge in [0, 0.05) is 44.2 Å². The zero-order valence-corrected chi connectivity index (χ0v) is 16.5. The fourth-order valence-electron chi connectivity index (χ4n) is 2.58. The molecule has 2 rings (SSSR count). The SMILES string of the molecule is CN(CCC#N)C(=O)CN1CCN(S(=O)(=O)c2ccccc2Br)CC1. The number of halogens is 1. The third-order valence-corrected chi connectivity index (χ3v) is 7.04. The van der Waals surface area contributed by atoms with Crippen LogP contribution in [0.15, 0.2) is 33.6 Å². The van der Waals surface area contributed by atoms with E-state index >= 15 is 0 Å². The summed E-state index contributed by atoms with van der Waals surface area (Å²) in [4.78, 5) is 15.8. The van der Waals surface area contributed by atoms with Crippen LogP contribution in [0.1, 0.15) is 6.42 Å². The smallest absolute Gasteiger partial charge is 0.244 e. The van der Waals surface area contributed by atoms with E-state index in [4.69, 9.17) is 5.26 Å². The predicted molar refractivity (Wildman–Crippen MR) is 97.2 cm³/mol. The van der Waals surface area contributed by atoms with Gasteiger partial charge in [-0.05, 0) is 28.1 Å². The summed E-state index contributed by atoms with van der Waals surface area (Å²) < 4.78 is 27.5. The molecule has 0 aromatic heterocycles. The lowest BCUT2D eigenvalue weighted by Gasteiger charge is -2.34. The first-order valence-corrected chi connectivity index (χ1v) is 10.2. The van der Waals surface area contributed by atoms with Gasteiger partial charge in [-0.2, -0.15) is 9.57 Å². The highest BCUT2D eigenvalue weighted by Crippen LogP contribution is 2.25. The summed E-state index contributed by atoms with van der Waals surface area (Å²) in [5.74, 6) is -0.0580. The summed E-state index contributed by atoms with van der Waals surface area (Å²) >= 11 is 3.29. The Labute approximate surface area is 157 Å². The van der Waals surface area contributed by atoms with Gasteiger partial charge in [-0.1, -0.05) is 12.1 Å². The van der Waals surface area contributed by atoms with Crippen molar-refractivity contribution >= 4 is 31.9 Å². The second kappa shape index (κ2) is 8.76. The van der Waals surface area contributed by atoms with Crippen molar-refractivity contribution in [2.75, 3.05) is 46.3 Å². The van der Waals surface area contributed by atoms with Crippen LogP contribution < -0.4 is 0 Å². The molecule has 0 unspecified atom stereocenters. The molecule has 0 atom stereocenters. The zero-order chi connectivity index (χ0) is 18.4. The summed E-state index contributed by atoms with van der Waals surface area (Å²) in [5.41, 5.74) is 0. The molecule has 1 amide bonds. The highest BCUT2D eigenvalue weighted by Gasteiger charge is 2.30. The Balaban J connectivity index is 1.92. The maximum absolute atomic E-state index is 12.7. The minimum absolute atomic E-state index is 0.0580. The monoisotopic (exact) mass is 428 g/mol. The molecule has 1 aliphatic heterocycles. The van der Waals surface area contributed by atoms with Gasteiger partial charge >= 0.3 is 0 Å². The molecule has 9 heteroatoms. The zero-order valence-electron chi connectivity index (χ0n) is 14.1. The van der Waals surface area contributed by atoms with Gasteiger partial charge < -0.3 is 4.90 Å². The van der Waals surface area contributed by atoms with Crippen molar-refractivity contribution in [3.63, 3.8) is 0 Å². The lowest BCUT2D eigenvalue weighted by Crippen LogP contribution is -2.51. The number of benzene rings is 1. The molecule has 1 heterocycles. The second-order valence-electron chi connectivity index (χ2n) is 5.83. The Hall–Kier alpha value is -1.47. The van der Waals surface area contributed by atoms with E-state index in [-0.39, 0.29) is 17.3 Å². The van der Waals surface area contributed by atoms with Crippen LogP contribution in [0.5, 0.6) is 0 Å². The number of sulfonamides is 1. The maximum atomic E-state index is 12.7. The minimum Gasteiger partial charge on any atom is -0.344 e. The lowest BCUT2D eigenvalue weighted by atomic mass is 10.3. The molecule has 25 heavy (non-hydrogen) atoms. The van der Waals surface area contributed by atoms with Crippen molar-refractivity contribution in [1.29, 1.82) is 5.26 Å². The molecular formula is C16H21BrN4O3S. The summed E-state index contributed by atoms with van der Waals surface area (Å²) in [5, 5.41) is 8.57. The van der Waals surface area contributed by atoms with E-state index in [1.54, 1.807) is 31.3 Å². The van der Waals surface area contributed by atoms with Crippen LogP contribution in [0, 0.1) is 11.3 Å². The highest BCUT2D eigenvalue weighted by atomic mass is 79.9. The van der Waals surface area contributed by atoms with E-state index in [9.17, 15) is 13.2 Å². The quantitative estimate of drug-likeness (QED) is 0.677. The number of nitrogens with zero attached hydrogens (tertiary/aromatic N) is 4. The molecule has 0 radical (unpaired) electrons. The average Bonchev–Trinajstić information content (AvgIpc) is 2.60. The van der Waals surface area contributed by atoms with Crippen LogP contribution >= 0.6 is 15.9 Å². The largest absolute Gasteiger partial charge is 0.344 e. The number of carbonyl (C=O) groups excluding carboxylic acids is 1. The normalized spacial score (nSPS) is 16.4. The Morgan fingerprint density at radius 3 is 2.52 bits per heavy atom. The molecule has 1 aromatic rings. The van der Waals surface area contributed by atoms with E-state index in [1.165, 1.54) is 9.21 Å². The second-order valence-corrected chi connectivity index (χ2v) is 8.59. The molecule has 1 aromatic carbocycles. The third kappa shape index (κ3) is 5.01. The first kappa shape index (κ1) is 19.8. The van der Waals surface area contributed by atoms with Gasteiger partial charge in [0.2, 0.25) is 15.9 Å². The summed E-state index contributed by atoms with van der Waals surface area (Å²) in [6.45, 7) is 2.34. The lowest BCUT2D eigenvalue weighted by molar-refractivity contribution is -0.131. The molecule has 1 saturated heterocycles. The van der Waals surface area contributed by atoms with Crippen molar-refractivity contribution in [3.8, 4) is 6.07 Å². The third-order valence-electron chi connectivity index (χ3n) is 4.13. The molecule has 7 nitrogen and oxygen atoms in total. The van der Waals surface area contributed by atoms with Gasteiger partial charge in [0.15, 0.2) is 0 Å². The predicted octanol–water partition coefficient (Wildman–Crippen LogP) is 1.13. The molecule has 0 aliphatic carbocycles. The Morgan fingerprint density at radius 1 is 1.28 bits per heavy atom. The first-order valence-electron chi connectivity index (χ1n) is 7.94. The van der Waals surface area contributed by atoms with Gasteiger partial charge in [0.1, 0.15) is 0 Å². The van der Waals surface area contributed by atoms with E-state index < -0.39 is 10.0 Å². The number of nitriles is 1. The Bertz CT molecular complexity index is 755.